The van der Waals surface area contributed by atoms with Crippen molar-refractivity contribution in [2.24, 2.45) is 0 Å². The van der Waals surface area contributed by atoms with Crippen LogP contribution in [0, 0.1) is 6.92 Å². The van der Waals surface area contributed by atoms with Gasteiger partial charge in [-0.1, -0.05) is 0 Å². The van der Waals surface area contributed by atoms with Crippen LogP contribution >= 0.6 is 0 Å². The first-order valence-electron chi connectivity index (χ1n) is 6.12. The summed E-state index contributed by atoms with van der Waals surface area (Å²) in [5.74, 6) is -1.34. The number of hydrogen-bond donors (Lipinski definition) is 1. The number of nitrogens with zero attached hydrogens (tertiary/aromatic N) is 3. The van der Waals surface area contributed by atoms with Gasteiger partial charge in [-0.05, 0) is 18.6 Å². The van der Waals surface area contributed by atoms with Crippen LogP contribution in [0.5, 0.6) is 0 Å². The molecule has 0 unspecified atom stereocenters. The van der Waals surface area contributed by atoms with E-state index in [1.165, 1.54) is 0 Å². The number of nitrogen functional groups attached to an aromatic ring is 1. The molecular formula is C12H15F3N4O. The Bertz CT molecular complexity index is 510. The molecule has 2 rings (SSSR count). The van der Waals surface area contributed by atoms with Gasteiger partial charge in [0.15, 0.2) is 0 Å². The summed E-state index contributed by atoms with van der Waals surface area (Å²) in [5, 5.41) is 0. The van der Waals surface area contributed by atoms with Crippen LogP contribution in [-0.2, 0) is 4.79 Å². The molecule has 0 aromatic carbocycles. The quantitative estimate of drug-likeness (QED) is 0.843. The molecule has 0 saturated carbocycles. The van der Waals surface area contributed by atoms with Crippen molar-refractivity contribution in [3.05, 3.63) is 17.8 Å². The van der Waals surface area contributed by atoms with E-state index in [4.69, 9.17) is 5.73 Å². The predicted molar refractivity (Wildman–Crippen MR) is 68.2 cm³/mol. The number of anilines is 2. The smallest absolute Gasteiger partial charge is 0.383 e. The van der Waals surface area contributed by atoms with Gasteiger partial charge in [0.1, 0.15) is 5.82 Å². The van der Waals surface area contributed by atoms with Crippen molar-refractivity contribution in [2.75, 3.05) is 36.8 Å². The molecular weight excluding hydrogens is 273 g/mol. The van der Waals surface area contributed by atoms with Gasteiger partial charge in [-0.2, -0.15) is 13.2 Å². The summed E-state index contributed by atoms with van der Waals surface area (Å²) in [6.07, 6.45) is -3.22. The maximum atomic E-state index is 12.3. The molecule has 1 saturated heterocycles. The van der Waals surface area contributed by atoms with Crippen molar-refractivity contribution in [1.82, 2.24) is 9.88 Å². The molecule has 1 fully saturated rings. The van der Waals surface area contributed by atoms with Crippen molar-refractivity contribution in [3.8, 4) is 0 Å². The van der Waals surface area contributed by atoms with Crippen LogP contribution in [0.3, 0.4) is 0 Å². The molecule has 1 aliphatic rings. The van der Waals surface area contributed by atoms with Crippen LogP contribution in [0.1, 0.15) is 5.56 Å². The van der Waals surface area contributed by atoms with Gasteiger partial charge in [0.05, 0.1) is 11.9 Å². The highest BCUT2D eigenvalue weighted by Gasteiger charge is 2.43. The lowest BCUT2D eigenvalue weighted by molar-refractivity contribution is -0.185. The zero-order valence-electron chi connectivity index (χ0n) is 10.9. The minimum absolute atomic E-state index is 0.0434. The Kier molecular flexibility index (Phi) is 3.74. The Hall–Kier alpha value is -1.99. The van der Waals surface area contributed by atoms with Crippen molar-refractivity contribution in [2.45, 2.75) is 13.1 Å². The molecule has 2 N–H and O–H groups in total. The van der Waals surface area contributed by atoms with E-state index in [0.29, 0.717) is 18.9 Å². The standard InChI is InChI=1S/C12H15F3N4O/c1-8-6-9(7-17-10(8)16)18-2-4-19(5-3-18)11(20)12(13,14)15/h6-7H,2-5H2,1H3,(H2,16,17). The lowest BCUT2D eigenvalue weighted by Crippen LogP contribution is -2.52. The highest BCUT2D eigenvalue weighted by molar-refractivity contribution is 5.82. The number of amides is 1. The summed E-state index contributed by atoms with van der Waals surface area (Å²) in [5.41, 5.74) is 7.24. The van der Waals surface area contributed by atoms with E-state index in [0.717, 1.165) is 16.2 Å². The van der Waals surface area contributed by atoms with Gasteiger partial charge in [-0.15, -0.1) is 0 Å². The van der Waals surface area contributed by atoms with E-state index in [9.17, 15) is 18.0 Å². The number of pyridine rings is 1. The topological polar surface area (TPSA) is 62.5 Å². The van der Waals surface area contributed by atoms with E-state index in [-0.39, 0.29) is 13.1 Å². The van der Waals surface area contributed by atoms with E-state index >= 15 is 0 Å². The van der Waals surface area contributed by atoms with Gasteiger partial charge in [0.2, 0.25) is 0 Å². The van der Waals surface area contributed by atoms with Crippen LogP contribution in [0.4, 0.5) is 24.7 Å². The zero-order chi connectivity index (χ0) is 14.9. The van der Waals surface area contributed by atoms with Crippen molar-refractivity contribution in [3.63, 3.8) is 0 Å². The van der Waals surface area contributed by atoms with Crippen molar-refractivity contribution in [1.29, 1.82) is 0 Å². The summed E-state index contributed by atoms with van der Waals surface area (Å²) in [4.78, 5) is 17.9. The van der Waals surface area contributed by atoms with Gasteiger partial charge >= 0.3 is 12.1 Å². The molecule has 0 spiro atoms. The lowest BCUT2D eigenvalue weighted by Gasteiger charge is -2.36. The van der Waals surface area contributed by atoms with Gasteiger partial charge < -0.3 is 15.5 Å². The summed E-state index contributed by atoms with van der Waals surface area (Å²) in [7, 11) is 0. The molecule has 0 aliphatic carbocycles. The van der Waals surface area contributed by atoms with Crippen molar-refractivity contribution >= 4 is 17.4 Å². The molecule has 0 radical (unpaired) electrons. The van der Waals surface area contributed by atoms with Gasteiger partial charge in [0.25, 0.3) is 0 Å². The Morgan fingerprint density at radius 2 is 1.90 bits per heavy atom. The van der Waals surface area contributed by atoms with E-state index in [1.54, 1.807) is 6.20 Å². The molecule has 1 aromatic heterocycles. The Morgan fingerprint density at radius 3 is 2.40 bits per heavy atom. The van der Waals surface area contributed by atoms with Crippen LogP contribution in [-0.4, -0.2) is 48.1 Å². The average molecular weight is 288 g/mol. The van der Waals surface area contributed by atoms with Crippen molar-refractivity contribution < 1.29 is 18.0 Å². The van der Waals surface area contributed by atoms with Gasteiger partial charge in [-0.25, -0.2) is 4.98 Å². The summed E-state index contributed by atoms with van der Waals surface area (Å²) < 4.78 is 37.0. The average Bonchev–Trinajstić information content (AvgIpc) is 2.40. The first-order chi connectivity index (χ1) is 9.29. The third kappa shape index (κ3) is 2.94. The normalized spacial score (nSPS) is 16.4. The second-order valence-electron chi connectivity index (χ2n) is 4.67. The van der Waals surface area contributed by atoms with Crippen LogP contribution in [0.15, 0.2) is 12.3 Å². The summed E-state index contributed by atoms with van der Waals surface area (Å²) in [6.45, 7) is 2.58. The minimum Gasteiger partial charge on any atom is -0.383 e. The number of alkyl halides is 3. The number of aromatic nitrogens is 1. The Balaban J connectivity index is 2.01. The van der Waals surface area contributed by atoms with Crippen LogP contribution in [0.2, 0.25) is 0 Å². The number of hydrogen-bond acceptors (Lipinski definition) is 4. The molecule has 5 nitrogen and oxygen atoms in total. The predicted octanol–water partition coefficient (Wildman–Crippen LogP) is 1.18. The minimum atomic E-state index is -4.80. The number of aryl methyl sites for hydroxylation is 1. The van der Waals surface area contributed by atoms with Crippen LogP contribution < -0.4 is 10.6 Å². The number of rotatable bonds is 1. The van der Waals surface area contributed by atoms with Crippen LogP contribution in [0.25, 0.3) is 0 Å². The number of carbonyl (C=O) groups excluding carboxylic acids is 1. The van der Waals surface area contributed by atoms with E-state index in [1.807, 2.05) is 17.9 Å². The van der Waals surface area contributed by atoms with E-state index < -0.39 is 12.1 Å². The monoisotopic (exact) mass is 288 g/mol. The molecule has 0 bridgehead atoms. The van der Waals surface area contributed by atoms with E-state index in [2.05, 4.69) is 4.98 Å². The maximum Gasteiger partial charge on any atom is 0.471 e. The highest BCUT2D eigenvalue weighted by Crippen LogP contribution is 2.22. The first-order valence-corrected chi connectivity index (χ1v) is 6.12. The fraction of sp³-hybridized carbons (Fsp3) is 0.500. The molecule has 1 aromatic rings. The number of piperazine rings is 1. The fourth-order valence-corrected chi connectivity index (χ4v) is 2.09. The Morgan fingerprint density at radius 1 is 1.30 bits per heavy atom. The number of halogens is 3. The first kappa shape index (κ1) is 14.4. The maximum absolute atomic E-state index is 12.3. The molecule has 110 valence electrons. The second-order valence-corrected chi connectivity index (χ2v) is 4.67. The second kappa shape index (κ2) is 5.18. The molecule has 1 aliphatic heterocycles. The third-order valence-electron chi connectivity index (χ3n) is 3.28. The third-order valence-corrected chi connectivity index (χ3v) is 3.28. The van der Waals surface area contributed by atoms with Gasteiger partial charge in [0, 0.05) is 26.2 Å². The van der Waals surface area contributed by atoms with Gasteiger partial charge in [-0.3, -0.25) is 4.79 Å². The summed E-state index contributed by atoms with van der Waals surface area (Å²) in [6, 6.07) is 1.84. The molecule has 20 heavy (non-hydrogen) atoms. The molecule has 0 atom stereocenters. The number of nitrogens with two attached hydrogens (primary N) is 1. The summed E-state index contributed by atoms with van der Waals surface area (Å²) >= 11 is 0. The SMILES string of the molecule is Cc1cc(N2CCN(C(=O)C(F)(F)F)CC2)cnc1N. The fourth-order valence-electron chi connectivity index (χ4n) is 2.09. The highest BCUT2D eigenvalue weighted by atomic mass is 19.4. The number of carbonyl (C=O) groups is 1. The molecule has 2 heterocycles. The largest absolute Gasteiger partial charge is 0.471 e. The Labute approximate surface area is 114 Å². The zero-order valence-corrected chi connectivity index (χ0v) is 10.9. The lowest BCUT2D eigenvalue weighted by atomic mass is 10.2. The molecule has 8 heteroatoms. The molecule has 1 amide bonds.